The molecule has 0 saturated heterocycles. The van der Waals surface area contributed by atoms with Crippen molar-refractivity contribution >= 4 is 22.4 Å². The standard InChI is InChI=1S/C13H25N3O2S/c1-9(2)8-16(6-7-17-5)13-11(18-10(3)4)12(14)15-19-13/h9-10H,6-8H2,1-5H3,(H2,14,15). The highest BCUT2D eigenvalue weighted by atomic mass is 32.1. The van der Waals surface area contributed by atoms with Crippen LogP contribution in [-0.4, -0.2) is 37.3 Å². The zero-order valence-electron chi connectivity index (χ0n) is 12.5. The quantitative estimate of drug-likeness (QED) is 0.796. The van der Waals surface area contributed by atoms with Gasteiger partial charge >= 0.3 is 0 Å². The summed E-state index contributed by atoms with van der Waals surface area (Å²) in [5.41, 5.74) is 5.90. The lowest BCUT2D eigenvalue weighted by atomic mass is 10.2. The molecule has 1 heterocycles. The molecule has 0 aliphatic heterocycles. The molecule has 0 atom stereocenters. The van der Waals surface area contributed by atoms with Crippen molar-refractivity contribution in [3.8, 4) is 5.75 Å². The number of anilines is 2. The van der Waals surface area contributed by atoms with Crippen LogP contribution in [0.15, 0.2) is 0 Å². The van der Waals surface area contributed by atoms with E-state index >= 15 is 0 Å². The lowest BCUT2D eigenvalue weighted by molar-refractivity contribution is 0.204. The highest BCUT2D eigenvalue weighted by Gasteiger charge is 2.20. The van der Waals surface area contributed by atoms with Gasteiger partial charge in [-0.3, -0.25) is 0 Å². The Balaban J connectivity index is 2.93. The molecule has 110 valence electrons. The maximum absolute atomic E-state index is 5.90. The Kier molecular flexibility index (Phi) is 6.37. The number of aromatic nitrogens is 1. The molecule has 0 fully saturated rings. The van der Waals surface area contributed by atoms with Gasteiger partial charge in [0.1, 0.15) is 0 Å². The summed E-state index contributed by atoms with van der Waals surface area (Å²) >= 11 is 1.39. The van der Waals surface area contributed by atoms with Crippen LogP contribution < -0.4 is 15.4 Å². The molecular formula is C13H25N3O2S. The molecule has 0 aliphatic carbocycles. The zero-order valence-corrected chi connectivity index (χ0v) is 13.3. The molecule has 6 heteroatoms. The number of methoxy groups -OCH3 is 1. The van der Waals surface area contributed by atoms with E-state index in [1.165, 1.54) is 11.5 Å². The van der Waals surface area contributed by atoms with Crippen LogP contribution >= 0.6 is 11.5 Å². The van der Waals surface area contributed by atoms with Crippen LogP contribution in [0.3, 0.4) is 0 Å². The van der Waals surface area contributed by atoms with E-state index in [2.05, 4.69) is 23.1 Å². The van der Waals surface area contributed by atoms with Crippen molar-refractivity contribution in [1.29, 1.82) is 0 Å². The summed E-state index contributed by atoms with van der Waals surface area (Å²) in [4.78, 5) is 2.24. The van der Waals surface area contributed by atoms with E-state index in [-0.39, 0.29) is 6.10 Å². The van der Waals surface area contributed by atoms with Crippen LogP contribution in [0.5, 0.6) is 5.75 Å². The third-order valence-electron chi connectivity index (χ3n) is 2.45. The van der Waals surface area contributed by atoms with Gasteiger partial charge in [-0.25, -0.2) is 0 Å². The average Bonchev–Trinajstić information content (AvgIpc) is 2.65. The summed E-state index contributed by atoms with van der Waals surface area (Å²) in [7, 11) is 1.71. The molecule has 19 heavy (non-hydrogen) atoms. The first kappa shape index (κ1) is 16.0. The number of nitrogens with two attached hydrogens (primary N) is 1. The van der Waals surface area contributed by atoms with E-state index in [1.807, 2.05) is 13.8 Å². The summed E-state index contributed by atoms with van der Waals surface area (Å²) in [6.07, 6.45) is 0.0841. The van der Waals surface area contributed by atoms with Crippen LogP contribution in [0.1, 0.15) is 27.7 Å². The summed E-state index contributed by atoms with van der Waals surface area (Å²) < 4.78 is 15.2. The molecule has 2 N–H and O–H groups in total. The second-order valence-corrected chi connectivity index (χ2v) is 5.95. The highest BCUT2D eigenvalue weighted by molar-refractivity contribution is 7.11. The van der Waals surface area contributed by atoms with Gasteiger partial charge in [-0.1, -0.05) is 13.8 Å². The minimum atomic E-state index is 0.0841. The van der Waals surface area contributed by atoms with Gasteiger partial charge in [-0.05, 0) is 31.3 Å². The Hall–Kier alpha value is -1.01. The fourth-order valence-electron chi connectivity index (χ4n) is 1.75. The minimum absolute atomic E-state index is 0.0841. The Bertz CT molecular complexity index is 380. The van der Waals surface area contributed by atoms with Gasteiger partial charge in [0.25, 0.3) is 0 Å². The Morgan fingerprint density at radius 1 is 1.32 bits per heavy atom. The van der Waals surface area contributed by atoms with Gasteiger partial charge in [0.05, 0.1) is 12.7 Å². The van der Waals surface area contributed by atoms with Crippen molar-refractivity contribution < 1.29 is 9.47 Å². The van der Waals surface area contributed by atoms with Crippen molar-refractivity contribution in [3.63, 3.8) is 0 Å². The summed E-state index contributed by atoms with van der Waals surface area (Å²) in [5, 5.41) is 0.997. The number of hydrogen-bond donors (Lipinski definition) is 1. The zero-order chi connectivity index (χ0) is 14.4. The van der Waals surface area contributed by atoms with Crippen LogP contribution in [0.25, 0.3) is 0 Å². The summed E-state index contributed by atoms with van der Waals surface area (Å²) in [6.45, 7) is 10.8. The maximum Gasteiger partial charge on any atom is 0.198 e. The van der Waals surface area contributed by atoms with Crippen molar-refractivity contribution in [2.75, 3.05) is 37.4 Å². The molecule has 0 aliphatic rings. The Morgan fingerprint density at radius 3 is 2.53 bits per heavy atom. The molecule has 1 rings (SSSR count). The number of nitrogen functional groups attached to an aromatic ring is 1. The largest absolute Gasteiger partial charge is 0.484 e. The minimum Gasteiger partial charge on any atom is -0.484 e. The lowest BCUT2D eigenvalue weighted by Gasteiger charge is -2.25. The lowest BCUT2D eigenvalue weighted by Crippen LogP contribution is -2.30. The number of rotatable bonds is 8. The fraction of sp³-hybridized carbons (Fsp3) is 0.769. The average molecular weight is 287 g/mol. The van der Waals surface area contributed by atoms with Crippen molar-refractivity contribution in [3.05, 3.63) is 0 Å². The van der Waals surface area contributed by atoms with E-state index < -0.39 is 0 Å². The van der Waals surface area contributed by atoms with E-state index in [9.17, 15) is 0 Å². The third-order valence-corrected chi connectivity index (χ3v) is 3.35. The topological polar surface area (TPSA) is 60.6 Å². The first-order chi connectivity index (χ1) is 8.95. The highest BCUT2D eigenvalue weighted by Crippen LogP contribution is 2.39. The van der Waals surface area contributed by atoms with Gasteiger partial charge in [-0.15, -0.1) is 0 Å². The smallest absolute Gasteiger partial charge is 0.198 e. The molecule has 0 radical (unpaired) electrons. The van der Waals surface area contributed by atoms with E-state index in [4.69, 9.17) is 15.2 Å². The fourth-order valence-corrected chi connectivity index (χ4v) is 2.54. The Morgan fingerprint density at radius 2 is 2.00 bits per heavy atom. The van der Waals surface area contributed by atoms with E-state index in [0.29, 0.717) is 24.1 Å². The van der Waals surface area contributed by atoms with Gasteiger partial charge in [0, 0.05) is 20.2 Å². The van der Waals surface area contributed by atoms with Crippen molar-refractivity contribution in [1.82, 2.24) is 4.37 Å². The van der Waals surface area contributed by atoms with Crippen LogP contribution in [-0.2, 0) is 4.74 Å². The molecule has 1 aromatic heterocycles. The second kappa shape index (κ2) is 7.55. The molecule has 0 saturated carbocycles. The summed E-state index contributed by atoms with van der Waals surface area (Å²) in [6, 6.07) is 0. The van der Waals surface area contributed by atoms with Gasteiger partial charge in [0.2, 0.25) is 0 Å². The Labute approximate surface area is 119 Å². The number of hydrogen-bond acceptors (Lipinski definition) is 6. The molecular weight excluding hydrogens is 262 g/mol. The van der Waals surface area contributed by atoms with E-state index in [0.717, 1.165) is 18.1 Å². The maximum atomic E-state index is 5.90. The molecule has 0 bridgehead atoms. The first-order valence-electron chi connectivity index (χ1n) is 6.61. The van der Waals surface area contributed by atoms with Gasteiger partial charge in [0.15, 0.2) is 16.6 Å². The SMILES string of the molecule is COCCN(CC(C)C)c1snc(N)c1OC(C)C. The van der Waals surface area contributed by atoms with Crippen molar-refractivity contribution in [2.45, 2.75) is 33.8 Å². The predicted octanol–water partition coefficient (Wildman–Crippen LogP) is 2.62. The molecule has 0 unspecified atom stereocenters. The monoisotopic (exact) mass is 287 g/mol. The van der Waals surface area contributed by atoms with Crippen LogP contribution in [0.4, 0.5) is 10.8 Å². The normalized spacial score (nSPS) is 11.3. The summed E-state index contributed by atoms with van der Waals surface area (Å²) in [5.74, 6) is 1.73. The molecule has 0 amide bonds. The number of nitrogens with zero attached hydrogens (tertiary/aromatic N) is 2. The third kappa shape index (κ3) is 4.87. The van der Waals surface area contributed by atoms with Crippen molar-refractivity contribution in [2.24, 2.45) is 5.92 Å². The molecule has 0 spiro atoms. The molecule has 0 aromatic carbocycles. The van der Waals surface area contributed by atoms with Crippen LogP contribution in [0.2, 0.25) is 0 Å². The number of ether oxygens (including phenoxy) is 2. The molecule has 1 aromatic rings. The first-order valence-corrected chi connectivity index (χ1v) is 7.38. The van der Waals surface area contributed by atoms with Gasteiger partial charge in [-0.2, -0.15) is 4.37 Å². The predicted molar refractivity (Wildman–Crippen MR) is 81.2 cm³/mol. The second-order valence-electron chi connectivity index (χ2n) is 5.20. The van der Waals surface area contributed by atoms with E-state index in [1.54, 1.807) is 7.11 Å². The molecule has 5 nitrogen and oxygen atoms in total. The van der Waals surface area contributed by atoms with Crippen LogP contribution in [0, 0.1) is 5.92 Å². The van der Waals surface area contributed by atoms with Gasteiger partial charge < -0.3 is 20.1 Å².